The minimum atomic E-state index is -0.293. The van der Waals surface area contributed by atoms with Crippen molar-refractivity contribution in [3.63, 3.8) is 0 Å². The van der Waals surface area contributed by atoms with E-state index in [2.05, 4.69) is 26.5 Å². The fourth-order valence-corrected chi connectivity index (χ4v) is 2.73. The monoisotopic (exact) mass is 270 g/mol. The van der Waals surface area contributed by atoms with E-state index in [4.69, 9.17) is 4.74 Å². The number of benzene rings is 1. The highest BCUT2D eigenvalue weighted by molar-refractivity contribution is 7.80. The second kappa shape index (κ2) is 7.67. The third-order valence-corrected chi connectivity index (χ3v) is 3.94. The zero-order chi connectivity index (χ0) is 13.4. The number of halogens is 1. The normalized spacial score (nSPS) is 11.6. The minimum absolute atomic E-state index is 0.0644. The second-order valence-corrected chi connectivity index (χ2v) is 5.19. The number of hydrogen-bond donors (Lipinski definition) is 1. The quantitative estimate of drug-likeness (QED) is 0.672. The van der Waals surface area contributed by atoms with Gasteiger partial charge in [0.25, 0.3) is 0 Å². The lowest BCUT2D eigenvalue weighted by Crippen LogP contribution is -2.30. The standard InChI is InChI=1S/C15H23FOS/c1-3-9-15(12-18,10-4-2)11-17-14-8-6-5-7-13(14)16/h5-8,18H,3-4,9-12H2,1-2H3. The van der Waals surface area contributed by atoms with E-state index in [0.717, 1.165) is 31.4 Å². The predicted octanol–water partition coefficient (Wildman–Crippen LogP) is 4.72. The maximum atomic E-state index is 13.5. The lowest BCUT2D eigenvalue weighted by molar-refractivity contribution is 0.139. The van der Waals surface area contributed by atoms with Crippen LogP contribution < -0.4 is 4.74 Å². The van der Waals surface area contributed by atoms with Crippen molar-refractivity contribution in [2.75, 3.05) is 12.4 Å². The van der Waals surface area contributed by atoms with Crippen LogP contribution in [-0.4, -0.2) is 12.4 Å². The van der Waals surface area contributed by atoms with Gasteiger partial charge in [-0.2, -0.15) is 12.6 Å². The van der Waals surface area contributed by atoms with Crippen LogP contribution in [-0.2, 0) is 0 Å². The molecule has 102 valence electrons. The zero-order valence-corrected chi connectivity index (χ0v) is 12.2. The van der Waals surface area contributed by atoms with Crippen molar-refractivity contribution in [2.24, 2.45) is 5.41 Å². The van der Waals surface area contributed by atoms with Crippen LogP contribution >= 0.6 is 12.6 Å². The summed E-state index contributed by atoms with van der Waals surface area (Å²) in [5.74, 6) is 0.831. The van der Waals surface area contributed by atoms with Gasteiger partial charge >= 0.3 is 0 Å². The van der Waals surface area contributed by atoms with Gasteiger partial charge in [0, 0.05) is 5.41 Å². The molecule has 1 rings (SSSR count). The molecule has 1 aromatic carbocycles. The van der Waals surface area contributed by atoms with Crippen LogP contribution in [0.3, 0.4) is 0 Å². The third-order valence-electron chi connectivity index (χ3n) is 3.27. The van der Waals surface area contributed by atoms with Gasteiger partial charge < -0.3 is 4.74 Å². The molecule has 1 nitrogen and oxygen atoms in total. The number of thiol groups is 1. The predicted molar refractivity (Wildman–Crippen MR) is 78.0 cm³/mol. The smallest absolute Gasteiger partial charge is 0.165 e. The van der Waals surface area contributed by atoms with Crippen molar-refractivity contribution < 1.29 is 9.13 Å². The summed E-state index contributed by atoms with van der Waals surface area (Å²) in [7, 11) is 0. The van der Waals surface area contributed by atoms with Crippen LogP contribution in [0.5, 0.6) is 5.75 Å². The molecule has 0 atom stereocenters. The van der Waals surface area contributed by atoms with Crippen molar-refractivity contribution in [1.29, 1.82) is 0 Å². The highest BCUT2D eigenvalue weighted by Crippen LogP contribution is 2.32. The van der Waals surface area contributed by atoms with Crippen LogP contribution in [0.4, 0.5) is 4.39 Å². The number of para-hydroxylation sites is 1. The average Bonchev–Trinajstić information content (AvgIpc) is 2.38. The maximum absolute atomic E-state index is 13.5. The summed E-state index contributed by atoms with van der Waals surface area (Å²) in [6, 6.07) is 6.57. The van der Waals surface area contributed by atoms with Crippen molar-refractivity contribution in [1.82, 2.24) is 0 Å². The van der Waals surface area contributed by atoms with Crippen molar-refractivity contribution in [3.8, 4) is 5.75 Å². The van der Waals surface area contributed by atoms with Crippen LogP contribution in [0, 0.1) is 11.2 Å². The van der Waals surface area contributed by atoms with Gasteiger partial charge in [-0.15, -0.1) is 0 Å². The number of hydrogen-bond acceptors (Lipinski definition) is 2. The molecule has 0 bridgehead atoms. The van der Waals surface area contributed by atoms with Crippen molar-refractivity contribution in [2.45, 2.75) is 39.5 Å². The lowest BCUT2D eigenvalue weighted by Gasteiger charge is -2.31. The van der Waals surface area contributed by atoms with Gasteiger partial charge in [-0.05, 0) is 30.7 Å². The molecule has 18 heavy (non-hydrogen) atoms. The Morgan fingerprint density at radius 1 is 1.17 bits per heavy atom. The van der Waals surface area contributed by atoms with Gasteiger partial charge in [0.15, 0.2) is 11.6 Å². The Bertz CT molecular complexity index is 348. The Labute approximate surface area is 115 Å². The molecule has 0 heterocycles. The first-order chi connectivity index (χ1) is 8.67. The average molecular weight is 270 g/mol. The summed E-state index contributed by atoms with van der Waals surface area (Å²) in [5, 5.41) is 0. The molecule has 0 aliphatic rings. The molecule has 1 aromatic rings. The topological polar surface area (TPSA) is 9.23 Å². The summed E-state index contributed by atoms with van der Waals surface area (Å²) in [4.78, 5) is 0. The fraction of sp³-hybridized carbons (Fsp3) is 0.600. The fourth-order valence-electron chi connectivity index (χ4n) is 2.33. The first kappa shape index (κ1) is 15.4. The second-order valence-electron chi connectivity index (χ2n) is 4.88. The van der Waals surface area contributed by atoms with Gasteiger partial charge in [-0.3, -0.25) is 0 Å². The van der Waals surface area contributed by atoms with Gasteiger partial charge in [-0.25, -0.2) is 4.39 Å². The summed E-state index contributed by atoms with van der Waals surface area (Å²) in [5.41, 5.74) is 0.0644. The van der Waals surface area contributed by atoms with Crippen LogP contribution in [0.25, 0.3) is 0 Å². The minimum Gasteiger partial charge on any atom is -0.490 e. The third kappa shape index (κ3) is 4.20. The molecule has 0 fully saturated rings. The van der Waals surface area contributed by atoms with Gasteiger partial charge in [0.1, 0.15) is 0 Å². The van der Waals surface area contributed by atoms with Crippen LogP contribution in [0.2, 0.25) is 0 Å². The van der Waals surface area contributed by atoms with Gasteiger partial charge in [-0.1, -0.05) is 38.8 Å². The molecule has 0 amide bonds. The Morgan fingerprint density at radius 3 is 2.28 bits per heavy atom. The molecule has 3 heteroatoms. The Kier molecular flexibility index (Phi) is 6.55. The Hall–Kier alpha value is -0.700. The van der Waals surface area contributed by atoms with E-state index in [1.54, 1.807) is 18.2 Å². The summed E-state index contributed by atoms with van der Waals surface area (Å²) in [6.45, 7) is 4.87. The Balaban J connectivity index is 2.69. The summed E-state index contributed by atoms with van der Waals surface area (Å²) in [6.07, 6.45) is 4.33. The van der Waals surface area contributed by atoms with E-state index >= 15 is 0 Å². The molecule has 0 aliphatic carbocycles. The van der Waals surface area contributed by atoms with E-state index in [9.17, 15) is 4.39 Å². The maximum Gasteiger partial charge on any atom is 0.165 e. The van der Waals surface area contributed by atoms with Gasteiger partial charge in [0.2, 0.25) is 0 Å². The highest BCUT2D eigenvalue weighted by Gasteiger charge is 2.28. The molecule has 0 aliphatic heterocycles. The van der Waals surface area contributed by atoms with Crippen molar-refractivity contribution in [3.05, 3.63) is 30.1 Å². The molecular formula is C15H23FOS. The first-order valence-electron chi connectivity index (χ1n) is 6.65. The zero-order valence-electron chi connectivity index (χ0n) is 11.3. The number of rotatable bonds is 8. The Morgan fingerprint density at radius 2 is 1.78 bits per heavy atom. The van der Waals surface area contributed by atoms with E-state index in [-0.39, 0.29) is 11.2 Å². The van der Waals surface area contributed by atoms with E-state index in [0.29, 0.717) is 12.4 Å². The first-order valence-corrected chi connectivity index (χ1v) is 7.29. The number of ether oxygens (including phenoxy) is 1. The molecule has 0 unspecified atom stereocenters. The van der Waals surface area contributed by atoms with E-state index in [1.165, 1.54) is 6.07 Å². The van der Waals surface area contributed by atoms with Crippen LogP contribution in [0.1, 0.15) is 39.5 Å². The molecule has 0 saturated carbocycles. The molecule has 0 spiro atoms. The molecule has 0 radical (unpaired) electrons. The summed E-state index contributed by atoms with van der Waals surface area (Å²) >= 11 is 4.47. The lowest BCUT2D eigenvalue weighted by atomic mass is 9.82. The molecular weight excluding hydrogens is 247 g/mol. The van der Waals surface area contributed by atoms with E-state index < -0.39 is 0 Å². The molecule has 0 N–H and O–H groups in total. The van der Waals surface area contributed by atoms with E-state index in [1.807, 2.05) is 0 Å². The van der Waals surface area contributed by atoms with Gasteiger partial charge in [0.05, 0.1) is 6.61 Å². The SMILES string of the molecule is CCCC(CS)(CCC)COc1ccccc1F. The summed E-state index contributed by atoms with van der Waals surface area (Å²) < 4.78 is 19.2. The highest BCUT2D eigenvalue weighted by atomic mass is 32.1. The van der Waals surface area contributed by atoms with Crippen molar-refractivity contribution >= 4 is 12.6 Å². The molecule has 0 saturated heterocycles. The van der Waals surface area contributed by atoms with Crippen LogP contribution in [0.15, 0.2) is 24.3 Å². The molecule has 0 aromatic heterocycles. The largest absolute Gasteiger partial charge is 0.490 e.